The van der Waals surface area contributed by atoms with Crippen LogP contribution in [0, 0.1) is 11.3 Å². The Kier molecular flexibility index (Phi) is 4.43. The molecular formula is C10H22O2S. The van der Waals surface area contributed by atoms with Crippen LogP contribution in [0.25, 0.3) is 0 Å². The van der Waals surface area contributed by atoms with E-state index in [1.54, 1.807) is 0 Å². The van der Waals surface area contributed by atoms with Crippen LogP contribution in [-0.2, 0) is 9.84 Å². The summed E-state index contributed by atoms with van der Waals surface area (Å²) in [5, 5.41) is 0. The largest absolute Gasteiger partial charge is 0.229 e. The van der Waals surface area contributed by atoms with E-state index in [4.69, 9.17) is 0 Å². The average Bonchev–Trinajstić information content (AvgIpc) is 1.79. The van der Waals surface area contributed by atoms with Gasteiger partial charge in [0.2, 0.25) is 0 Å². The topological polar surface area (TPSA) is 34.1 Å². The standard InChI is InChI=1S/C10H22O2S/c1-9(2)8-13(11,12)7-6-10(3,4)5/h9H,6-8H2,1-5H3. The molecule has 0 saturated heterocycles. The molecule has 0 aliphatic carbocycles. The molecule has 0 aromatic rings. The highest BCUT2D eigenvalue weighted by Gasteiger charge is 2.18. The second kappa shape index (κ2) is 4.45. The molecule has 0 N–H and O–H groups in total. The molecule has 2 nitrogen and oxygen atoms in total. The molecule has 0 amide bonds. The fourth-order valence-corrected chi connectivity index (χ4v) is 3.16. The quantitative estimate of drug-likeness (QED) is 0.708. The van der Waals surface area contributed by atoms with Gasteiger partial charge in [0.05, 0.1) is 11.5 Å². The minimum atomic E-state index is -2.81. The van der Waals surface area contributed by atoms with E-state index in [2.05, 4.69) is 20.8 Å². The normalized spacial score (nSPS) is 13.7. The Morgan fingerprint density at radius 3 is 1.92 bits per heavy atom. The predicted octanol–water partition coefficient (Wildman–Crippen LogP) is 2.49. The van der Waals surface area contributed by atoms with Gasteiger partial charge in [0.15, 0.2) is 9.84 Å². The van der Waals surface area contributed by atoms with Gasteiger partial charge in [0.25, 0.3) is 0 Å². The van der Waals surface area contributed by atoms with Crippen LogP contribution in [0.3, 0.4) is 0 Å². The zero-order valence-corrected chi connectivity index (χ0v) is 10.2. The summed E-state index contributed by atoms with van der Waals surface area (Å²) in [5.74, 6) is 0.891. The van der Waals surface area contributed by atoms with E-state index >= 15 is 0 Å². The maximum absolute atomic E-state index is 11.5. The lowest BCUT2D eigenvalue weighted by molar-refractivity contribution is 0.397. The summed E-state index contributed by atoms with van der Waals surface area (Å²) in [7, 11) is -2.81. The lowest BCUT2D eigenvalue weighted by atomic mass is 9.94. The number of rotatable bonds is 4. The van der Waals surface area contributed by atoms with Gasteiger partial charge in [-0.05, 0) is 17.8 Å². The van der Waals surface area contributed by atoms with Gasteiger partial charge < -0.3 is 0 Å². The van der Waals surface area contributed by atoms with Crippen molar-refractivity contribution in [2.24, 2.45) is 11.3 Å². The summed E-state index contributed by atoms with van der Waals surface area (Å²) in [4.78, 5) is 0. The summed E-state index contributed by atoms with van der Waals surface area (Å²) in [6.07, 6.45) is 0.752. The molecule has 0 rings (SSSR count). The van der Waals surface area contributed by atoms with Crippen molar-refractivity contribution < 1.29 is 8.42 Å². The van der Waals surface area contributed by atoms with Crippen LogP contribution in [0.5, 0.6) is 0 Å². The lowest BCUT2D eigenvalue weighted by Gasteiger charge is -2.18. The smallest absolute Gasteiger partial charge is 0.150 e. The molecule has 0 aromatic heterocycles. The van der Waals surface area contributed by atoms with E-state index in [1.807, 2.05) is 13.8 Å². The molecule has 0 fully saturated rings. The molecule has 0 radical (unpaired) electrons. The van der Waals surface area contributed by atoms with Crippen molar-refractivity contribution >= 4 is 9.84 Å². The second-order valence-corrected chi connectivity index (χ2v) is 7.55. The Labute approximate surface area is 82.6 Å². The second-order valence-electron chi connectivity index (χ2n) is 5.32. The Hall–Kier alpha value is -0.0500. The third-order valence-corrected chi connectivity index (χ3v) is 3.75. The third-order valence-electron chi connectivity index (χ3n) is 1.75. The summed E-state index contributed by atoms with van der Waals surface area (Å²) < 4.78 is 23.0. The molecule has 0 bridgehead atoms. The van der Waals surface area contributed by atoms with Gasteiger partial charge in [-0.25, -0.2) is 8.42 Å². The van der Waals surface area contributed by atoms with Gasteiger partial charge in [0, 0.05) is 0 Å². The molecule has 13 heavy (non-hydrogen) atoms. The first-order valence-electron chi connectivity index (χ1n) is 4.83. The van der Waals surface area contributed by atoms with Gasteiger partial charge in [-0.2, -0.15) is 0 Å². The molecule has 0 heterocycles. The molecule has 0 aromatic carbocycles. The van der Waals surface area contributed by atoms with Crippen molar-refractivity contribution in [3.8, 4) is 0 Å². The van der Waals surface area contributed by atoms with Crippen molar-refractivity contribution in [1.29, 1.82) is 0 Å². The van der Waals surface area contributed by atoms with E-state index in [9.17, 15) is 8.42 Å². The van der Waals surface area contributed by atoms with Crippen LogP contribution >= 0.6 is 0 Å². The molecular weight excluding hydrogens is 184 g/mol. The first-order valence-corrected chi connectivity index (χ1v) is 6.65. The third kappa shape index (κ3) is 8.28. The van der Waals surface area contributed by atoms with E-state index in [0.717, 1.165) is 6.42 Å². The zero-order valence-electron chi connectivity index (χ0n) is 9.42. The summed E-state index contributed by atoms with van der Waals surface area (Å²) >= 11 is 0. The Bertz CT molecular complexity index is 232. The predicted molar refractivity (Wildman–Crippen MR) is 57.6 cm³/mol. The van der Waals surface area contributed by atoms with Crippen LogP contribution in [0.4, 0.5) is 0 Å². The fraction of sp³-hybridized carbons (Fsp3) is 1.00. The fourth-order valence-electron chi connectivity index (χ4n) is 1.05. The number of hydrogen-bond acceptors (Lipinski definition) is 2. The monoisotopic (exact) mass is 206 g/mol. The van der Waals surface area contributed by atoms with Crippen LogP contribution in [0.2, 0.25) is 0 Å². The van der Waals surface area contributed by atoms with Gasteiger partial charge in [0.1, 0.15) is 0 Å². The van der Waals surface area contributed by atoms with Crippen LogP contribution < -0.4 is 0 Å². The Morgan fingerprint density at radius 2 is 1.62 bits per heavy atom. The molecule has 0 unspecified atom stereocenters. The highest BCUT2D eigenvalue weighted by atomic mass is 32.2. The highest BCUT2D eigenvalue weighted by molar-refractivity contribution is 7.91. The van der Waals surface area contributed by atoms with Crippen LogP contribution in [-0.4, -0.2) is 19.9 Å². The minimum Gasteiger partial charge on any atom is -0.229 e. The maximum Gasteiger partial charge on any atom is 0.150 e. The summed E-state index contributed by atoms with van der Waals surface area (Å²) in [5.41, 5.74) is 0.115. The molecule has 0 aliphatic rings. The zero-order chi connectivity index (χ0) is 10.7. The average molecular weight is 206 g/mol. The maximum atomic E-state index is 11.5. The van der Waals surface area contributed by atoms with Crippen LogP contribution in [0.15, 0.2) is 0 Å². The molecule has 3 heteroatoms. The van der Waals surface area contributed by atoms with Crippen molar-refractivity contribution in [2.75, 3.05) is 11.5 Å². The molecule has 80 valence electrons. The molecule has 0 aliphatic heterocycles. The SMILES string of the molecule is CC(C)CS(=O)(=O)CCC(C)(C)C. The summed E-state index contributed by atoms with van der Waals surface area (Å²) in [6.45, 7) is 10.1. The molecule has 0 spiro atoms. The van der Waals surface area contributed by atoms with Gasteiger partial charge in [-0.15, -0.1) is 0 Å². The minimum absolute atomic E-state index is 0.115. The van der Waals surface area contributed by atoms with E-state index in [1.165, 1.54) is 0 Å². The van der Waals surface area contributed by atoms with Crippen LogP contribution in [0.1, 0.15) is 41.0 Å². The Morgan fingerprint density at radius 1 is 1.15 bits per heavy atom. The number of sulfone groups is 1. The van der Waals surface area contributed by atoms with Crippen molar-refractivity contribution in [3.05, 3.63) is 0 Å². The first-order chi connectivity index (χ1) is 5.62. The van der Waals surface area contributed by atoms with E-state index in [-0.39, 0.29) is 11.3 Å². The first kappa shape index (κ1) is 12.9. The van der Waals surface area contributed by atoms with Crippen molar-refractivity contribution in [1.82, 2.24) is 0 Å². The van der Waals surface area contributed by atoms with Crippen molar-refractivity contribution in [3.63, 3.8) is 0 Å². The highest BCUT2D eigenvalue weighted by Crippen LogP contribution is 2.19. The number of hydrogen-bond donors (Lipinski definition) is 0. The van der Waals surface area contributed by atoms with E-state index < -0.39 is 9.84 Å². The van der Waals surface area contributed by atoms with E-state index in [0.29, 0.717) is 11.5 Å². The molecule has 0 atom stereocenters. The van der Waals surface area contributed by atoms with Gasteiger partial charge in [-0.1, -0.05) is 34.6 Å². The Balaban J connectivity index is 4.06. The molecule has 0 saturated carbocycles. The summed E-state index contributed by atoms with van der Waals surface area (Å²) in [6, 6.07) is 0. The lowest BCUT2D eigenvalue weighted by Crippen LogP contribution is -2.19. The van der Waals surface area contributed by atoms with Crippen molar-refractivity contribution in [2.45, 2.75) is 41.0 Å². The van der Waals surface area contributed by atoms with Gasteiger partial charge in [-0.3, -0.25) is 0 Å². The van der Waals surface area contributed by atoms with Gasteiger partial charge >= 0.3 is 0 Å².